The summed E-state index contributed by atoms with van der Waals surface area (Å²) >= 11 is 0. The summed E-state index contributed by atoms with van der Waals surface area (Å²) < 4.78 is 5.26. The Morgan fingerprint density at radius 1 is 0.857 bits per heavy atom. The Bertz CT molecular complexity index is 747. The highest BCUT2D eigenvalue weighted by atomic mass is 16.5. The van der Waals surface area contributed by atoms with E-state index in [0.717, 1.165) is 11.4 Å². The highest BCUT2D eigenvalue weighted by molar-refractivity contribution is 5.77. The van der Waals surface area contributed by atoms with Crippen LogP contribution in [0.1, 0.15) is 22.6 Å². The van der Waals surface area contributed by atoms with Gasteiger partial charge in [0.05, 0.1) is 12.8 Å². The van der Waals surface area contributed by atoms with Gasteiger partial charge in [-0.3, -0.25) is 4.98 Å². The zero-order valence-corrected chi connectivity index (χ0v) is 11.8. The number of rotatable bonds is 2. The quantitative estimate of drug-likeness (QED) is 0.544. The van der Waals surface area contributed by atoms with E-state index in [2.05, 4.69) is 47.4 Å². The Labute approximate surface area is 124 Å². The first kappa shape index (κ1) is 12.2. The summed E-state index contributed by atoms with van der Waals surface area (Å²) in [4.78, 5) is 4.59. The van der Waals surface area contributed by atoms with E-state index < -0.39 is 0 Å². The molecule has 0 spiro atoms. The van der Waals surface area contributed by atoms with Gasteiger partial charge < -0.3 is 4.74 Å². The average Bonchev–Trinajstić information content (AvgIpc) is 2.90. The molecule has 1 aliphatic carbocycles. The fourth-order valence-electron chi connectivity index (χ4n) is 3.16. The molecular weight excluding hydrogens is 258 g/mol. The van der Waals surface area contributed by atoms with Crippen LogP contribution in [-0.2, 0) is 0 Å². The highest BCUT2D eigenvalue weighted by Gasteiger charge is 2.30. The number of pyridine rings is 1. The lowest BCUT2D eigenvalue weighted by atomic mass is 9.90. The second kappa shape index (κ2) is 4.74. The number of benzene rings is 2. The van der Waals surface area contributed by atoms with E-state index >= 15 is 0 Å². The van der Waals surface area contributed by atoms with Crippen molar-refractivity contribution in [3.8, 4) is 17.0 Å². The Morgan fingerprint density at radius 2 is 1.62 bits per heavy atom. The predicted octanol–water partition coefficient (Wildman–Crippen LogP) is 4.25. The normalized spacial score (nSPS) is 15.4. The maximum Gasteiger partial charge on any atom is 0.118 e. The second-order valence-corrected chi connectivity index (χ2v) is 5.23. The fourth-order valence-corrected chi connectivity index (χ4v) is 3.16. The molecular formula is C19H15NO. The van der Waals surface area contributed by atoms with Gasteiger partial charge in [0, 0.05) is 17.7 Å². The lowest BCUT2D eigenvalue weighted by molar-refractivity contribution is 0.414. The molecule has 0 saturated carbocycles. The molecule has 21 heavy (non-hydrogen) atoms. The van der Waals surface area contributed by atoms with Gasteiger partial charge in [-0.25, -0.2) is 0 Å². The van der Waals surface area contributed by atoms with Gasteiger partial charge in [0.25, 0.3) is 0 Å². The van der Waals surface area contributed by atoms with E-state index in [1.54, 1.807) is 7.11 Å². The minimum absolute atomic E-state index is 0.260. The number of fused-ring (bicyclic) bond motifs is 3. The monoisotopic (exact) mass is 273 g/mol. The van der Waals surface area contributed by atoms with Gasteiger partial charge in [0.1, 0.15) is 5.75 Å². The van der Waals surface area contributed by atoms with Crippen molar-refractivity contribution < 1.29 is 4.74 Å². The first-order valence-electron chi connectivity index (χ1n) is 7.06. The molecule has 1 unspecified atom stereocenters. The third kappa shape index (κ3) is 1.83. The molecule has 0 saturated heterocycles. The maximum absolute atomic E-state index is 5.26. The number of hydrogen-bond donors (Lipinski definition) is 0. The molecule has 2 nitrogen and oxygen atoms in total. The number of hydrogen-bond acceptors (Lipinski definition) is 2. The molecule has 4 rings (SSSR count). The van der Waals surface area contributed by atoms with Gasteiger partial charge in [0.2, 0.25) is 0 Å². The van der Waals surface area contributed by atoms with E-state index in [1.165, 1.54) is 22.3 Å². The van der Waals surface area contributed by atoms with Crippen molar-refractivity contribution in [2.75, 3.05) is 7.11 Å². The first-order chi connectivity index (χ1) is 10.4. The molecule has 0 radical (unpaired) electrons. The predicted molar refractivity (Wildman–Crippen MR) is 83.6 cm³/mol. The molecule has 2 aromatic carbocycles. The lowest BCUT2D eigenvalue weighted by Crippen LogP contribution is -1.99. The summed E-state index contributed by atoms with van der Waals surface area (Å²) in [7, 11) is 1.69. The first-order valence-corrected chi connectivity index (χ1v) is 7.06. The van der Waals surface area contributed by atoms with Crippen LogP contribution >= 0.6 is 0 Å². The summed E-state index contributed by atoms with van der Waals surface area (Å²) in [6.45, 7) is 0. The average molecular weight is 273 g/mol. The zero-order chi connectivity index (χ0) is 14.2. The largest absolute Gasteiger partial charge is 0.497 e. The molecule has 1 aromatic heterocycles. The van der Waals surface area contributed by atoms with Crippen LogP contribution in [0.5, 0.6) is 5.75 Å². The molecule has 1 atom stereocenters. The molecule has 2 heteroatoms. The van der Waals surface area contributed by atoms with E-state index in [9.17, 15) is 0 Å². The zero-order valence-electron chi connectivity index (χ0n) is 11.8. The minimum atomic E-state index is 0.260. The number of methoxy groups -OCH3 is 1. The SMILES string of the molecule is COc1ccc(C2c3ccccc3-c3ncccc32)cc1. The molecule has 0 bridgehead atoms. The molecule has 0 amide bonds. The molecule has 0 fully saturated rings. The molecule has 0 N–H and O–H groups in total. The standard InChI is InChI=1S/C19H15NO/c1-21-14-10-8-13(9-11-14)18-15-5-2-3-6-16(15)19-17(18)7-4-12-20-19/h2-12,18H,1H3. The minimum Gasteiger partial charge on any atom is -0.497 e. The van der Waals surface area contributed by atoms with Crippen LogP contribution in [0.25, 0.3) is 11.3 Å². The number of aromatic nitrogens is 1. The summed E-state index contributed by atoms with van der Waals surface area (Å²) in [5.41, 5.74) is 6.23. The van der Waals surface area contributed by atoms with Crippen molar-refractivity contribution in [1.29, 1.82) is 0 Å². The smallest absolute Gasteiger partial charge is 0.118 e. The van der Waals surface area contributed by atoms with Crippen LogP contribution < -0.4 is 4.74 Å². The Hall–Kier alpha value is -2.61. The molecule has 102 valence electrons. The molecule has 3 aromatic rings. The van der Waals surface area contributed by atoms with Crippen molar-refractivity contribution in [2.24, 2.45) is 0 Å². The van der Waals surface area contributed by atoms with Crippen molar-refractivity contribution in [2.45, 2.75) is 5.92 Å². The third-order valence-electron chi connectivity index (χ3n) is 4.13. The van der Waals surface area contributed by atoms with Crippen LogP contribution in [0.3, 0.4) is 0 Å². The molecule has 1 heterocycles. The van der Waals surface area contributed by atoms with E-state index in [1.807, 2.05) is 24.4 Å². The van der Waals surface area contributed by atoms with Crippen LogP contribution in [0.15, 0.2) is 66.9 Å². The lowest BCUT2D eigenvalue weighted by Gasteiger charge is -2.14. The summed E-state index contributed by atoms with van der Waals surface area (Å²) in [6, 6.07) is 21.0. The van der Waals surface area contributed by atoms with Crippen LogP contribution in [-0.4, -0.2) is 12.1 Å². The fraction of sp³-hybridized carbons (Fsp3) is 0.105. The third-order valence-corrected chi connectivity index (χ3v) is 4.13. The number of nitrogens with zero attached hydrogens (tertiary/aromatic N) is 1. The van der Waals surface area contributed by atoms with Gasteiger partial charge in [-0.05, 0) is 34.9 Å². The van der Waals surface area contributed by atoms with Crippen molar-refractivity contribution >= 4 is 0 Å². The van der Waals surface area contributed by atoms with Gasteiger partial charge in [0.15, 0.2) is 0 Å². The Balaban J connectivity index is 1.91. The van der Waals surface area contributed by atoms with Crippen LogP contribution in [0.2, 0.25) is 0 Å². The van der Waals surface area contributed by atoms with Gasteiger partial charge >= 0.3 is 0 Å². The van der Waals surface area contributed by atoms with Crippen LogP contribution in [0.4, 0.5) is 0 Å². The maximum atomic E-state index is 5.26. The molecule has 0 aliphatic heterocycles. The number of ether oxygens (including phenoxy) is 1. The topological polar surface area (TPSA) is 22.1 Å². The second-order valence-electron chi connectivity index (χ2n) is 5.23. The van der Waals surface area contributed by atoms with E-state index in [0.29, 0.717) is 0 Å². The van der Waals surface area contributed by atoms with Gasteiger partial charge in [-0.15, -0.1) is 0 Å². The summed E-state index contributed by atoms with van der Waals surface area (Å²) in [6.07, 6.45) is 1.87. The van der Waals surface area contributed by atoms with Gasteiger partial charge in [-0.1, -0.05) is 42.5 Å². The van der Waals surface area contributed by atoms with Gasteiger partial charge in [-0.2, -0.15) is 0 Å². The van der Waals surface area contributed by atoms with Crippen molar-refractivity contribution in [1.82, 2.24) is 4.98 Å². The van der Waals surface area contributed by atoms with E-state index in [-0.39, 0.29) is 5.92 Å². The van der Waals surface area contributed by atoms with Crippen molar-refractivity contribution in [3.63, 3.8) is 0 Å². The van der Waals surface area contributed by atoms with E-state index in [4.69, 9.17) is 4.74 Å². The Kier molecular flexibility index (Phi) is 2.74. The van der Waals surface area contributed by atoms with Crippen molar-refractivity contribution in [3.05, 3.63) is 83.6 Å². The summed E-state index contributed by atoms with van der Waals surface area (Å²) in [5.74, 6) is 1.15. The highest BCUT2D eigenvalue weighted by Crippen LogP contribution is 2.46. The Morgan fingerprint density at radius 3 is 2.43 bits per heavy atom. The van der Waals surface area contributed by atoms with Crippen LogP contribution in [0, 0.1) is 0 Å². The summed E-state index contributed by atoms with van der Waals surface area (Å²) in [5, 5.41) is 0. The molecule has 1 aliphatic rings.